The van der Waals surface area contributed by atoms with E-state index in [0.717, 1.165) is 44.5 Å². The van der Waals surface area contributed by atoms with Crippen LogP contribution < -0.4 is 0 Å². The number of piperazine rings is 1. The van der Waals surface area contributed by atoms with Crippen molar-refractivity contribution in [2.24, 2.45) is 0 Å². The van der Waals surface area contributed by atoms with E-state index in [-0.39, 0.29) is 0 Å². The molecule has 3 aliphatic rings. The molecule has 1 aromatic rings. The summed E-state index contributed by atoms with van der Waals surface area (Å²) in [6.07, 6.45) is 7.89. The highest BCUT2D eigenvalue weighted by molar-refractivity contribution is 9.10. The van der Waals surface area contributed by atoms with Gasteiger partial charge in [0.25, 0.3) is 0 Å². The fourth-order valence-corrected chi connectivity index (χ4v) is 3.55. The number of rotatable bonds is 3. The number of benzene rings is 1. The summed E-state index contributed by atoms with van der Waals surface area (Å²) in [5, 5.41) is 0. The SMILES string of the molecule is Brc1cccc(C2CC2)c1.O=CN1CCN(C2CCC2)CC1. The molecule has 0 N–H and O–H groups in total. The molecule has 0 radical (unpaired) electrons. The van der Waals surface area contributed by atoms with Crippen LogP contribution in [0.3, 0.4) is 0 Å². The van der Waals surface area contributed by atoms with Gasteiger partial charge in [-0.15, -0.1) is 0 Å². The summed E-state index contributed by atoms with van der Waals surface area (Å²) in [6.45, 7) is 4.03. The molecule has 4 rings (SSSR count). The van der Waals surface area contributed by atoms with Gasteiger partial charge in [0, 0.05) is 36.7 Å². The normalized spacial score (nSPS) is 22.5. The van der Waals surface area contributed by atoms with E-state index in [9.17, 15) is 4.79 Å². The Hall–Kier alpha value is -0.870. The number of amides is 1. The summed E-state index contributed by atoms with van der Waals surface area (Å²) in [6, 6.07) is 9.46. The van der Waals surface area contributed by atoms with Crippen molar-refractivity contribution in [1.82, 2.24) is 9.80 Å². The van der Waals surface area contributed by atoms with Crippen LogP contribution in [0.25, 0.3) is 0 Å². The third-order valence-corrected chi connectivity index (χ3v) is 5.48. The maximum absolute atomic E-state index is 10.4. The lowest BCUT2D eigenvalue weighted by atomic mass is 9.91. The zero-order valence-corrected chi connectivity index (χ0v) is 14.7. The molecule has 2 aliphatic carbocycles. The highest BCUT2D eigenvalue weighted by atomic mass is 79.9. The zero-order valence-electron chi connectivity index (χ0n) is 13.1. The van der Waals surface area contributed by atoms with Crippen molar-refractivity contribution in [1.29, 1.82) is 0 Å². The molecule has 0 unspecified atom stereocenters. The highest BCUT2D eigenvalue weighted by Gasteiger charge is 2.27. The summed E-state index contributed by atoms with van der Waals surface area (Å²) in [4.78, 5) is 14.8. The van der Waals surface area contributed by atoms with Crippen molar-refractivity contribution in [2.45, 2.75) is 44.1 Å². The molecule has 3 fully saturated rings. The van der Waals surface area contributed by atoms with Crippen LogP contribution in [0.15, 0.2) is 28.7 Å². The Balaban J connectivity index is 0.000000133. The minimum atomic E-state index is 0.846. The first kappa shape index (κ1) is 16.0. The summed E-state index contributed by atoms with van der Waals surface area (Å²) >= 11 is 3.46. The average Bonchev–Trinajstić information content (AvgIpc) is 3.32. The Kier molecular flexibility index (Phi) is 5.53. The van der Waals surface area contributed by atoms with Crippen LogP contribution in [0.2, 0.25) is 0 Å². The second-order valence-corrected chi connectivity index (χ2v) is 7.51. The van der Waals surface area contributed by atoms with Gasteiger partial charge in [0.05, 0.1) is 0 Å². The van der Waals surface area contributed by atoms with Crippen molar-refractivity contribution in [3.63, 3.8) is 0 Å². The maximum Gasteiger partial charge on any atom is 0.209 e. The van der Waals surface area contributed by atoms with Crippen molar-refractivity contribution in [3.05, 3.63) is 34.3 Å². The first-order valence-corrected chi connectivity index (χ1v) is 9.24. The van der Waals surface area contributed by atoms with Gasteiger partial charge in [-0.05, 0) is 49.3 Å². The van der Waals surface area contributed by atoms with Gasteiger partial charge in [-0.1, -0.05) is 34.5 Å². The summed E-state index contributed by atoms with van der Waals surface area (Å²) < 4.78 is 1.21. The molecule has 1 heterocycles. The zero-order chi connectivity index (χ0) is 15.4. The molecular formula is C18H25BrN2O. The lowest BCUT2D eigenvalue weighted by molar-refractivity contribution is -0.120. The standard InChI is InChI=1S/C9H9Br.C9H16N2O/c10-9-3-1-2-8(6-9)7-4-5-7;12-8-10-4-6-11(7-5-10)9-2-1-3-9/h1-3,6-7H,4-5H2;8-9H,1-7H2. The second kappa shape index (κ2) is 7.60. The molecule has 1 saturated heterocycles. The van der Waals surface area contributed by atoms with Crippen LogP contribution in [-0.2, 0) is 4.79 Å². The predicted molar refractivity (Wildman–Crippen MR) is 93.0 cm³/mol. The molecule has 4 heteroatoms. The quantitative estimate of drug-likeness (QED) is 0.764. The first-order chi connectivity index (χ1) is 10.8. The van der Waals surface area contributed by atoms with Gasteiger partial charge >= 0.3 is 0 Å². The largest absolute Gasteiger partial charge is 0.343 e. The first-order valence-electron chi connectivity index (χ1n) is 8.45. The van der Waals surface area contributed by atoms with Crippen LogP contribution in [0, 0.1) is 0 Å². The van der Waals surface area contributed by atoms with E-state index in [1.165, 1.54) is 42.1 Å². The van der Waals surface area contributed by atoms with E-state index in [1.54, 1.807) is 0 Å². The van der Waals surface area contributed by atoms with Crippen LogP contribution in [-0.4, -0.2) is 48.4 Å². The van der Waals surface area contributed by atoms with Crippen LogP contribution in [0.1, 0.15) is 43.6 Å². The fourth-order valence-electron chi connectivity index (χ4n) is 3.14. The van der Waals surface area contributed by atoms with Gasteiger partial charge in [-0.25, -0.2) is 0 Å². The van der Waals surface area contributed by atoms with Crippen molar-refractivity contribution >= 4 is 22.3 Å². The Morgan fingerprint density at radius 1 is 1.05 bits per heavy atom. The van der Waals surface area contributed by atoms with E-state index >= 15 is 0 Å². The van der Waals surface area contributed by atoms with E-state index in [4.69, 9.17) is 0 Å². The van der Waals surface area contributed by atoms with Crippen molar-refractivity contribution in [3.8, 4) is 0 Å². The van der Waals surface area contributed by atoms with Gasteiger partial charge < -0.3 is 4.90 Å². The molecule has 1 aromatic carbocycles. The van der Waals surface area contributed by atoms with E-state index in [0.29, 0.717) is 0 Å². The highest BCUT2D eigenvalue weighted by Crippen LogP contribution is 2.40. The van der Waals surface area contributed by atoms with E-state index in [2.05, 4.69) is 45.1 Å². The van der Waals surface area contributed by atoms with Crippen LogP contribution in [0.4, 0.5) is 0 Å². The Bertz CT molecular complexity index is 492. The molecule has 0 spiro atoms. The molecular weight excluding hydrogens is 340 g/mol. The lowest BCUT2D eigenvalue weighted by Crippen LogP contribution is -2.51. The third kappa shape index (κ3) is 4.32. The third-order valence-electron chi connectivity index (χ3n) is 4.99. The molecule has 1 amide bonds. The maximum atomic E-state index is 10.4. The van der Waals surface area contributed by atoms with Gasteiger partial charge in [-0.2, -0.15) is 0 Å². The minimum absolute atomic E-state index is 0.846. The molecule has 22 heavy (non-hydrogen) atoms. The second-order valence-electron chi connectivity index (χ2n) is 6.59. The van der Waals surface area contributed by atoms with E-state index < -0.39 is 0 Å². The Labute approximate surface area is 141 Å². The molecule has 0 aromatic heterocycles. The van der Waals surface area contributed by atoms with Gasteiger partial charge in [0.1, 0.15) is 0 Å². The number of hydrogen-bond donors (Lipinski definition) is 0. The van der Waals surface area contributed by atoms with Gasteiger partial charge in [-0.3, -0.25) is 9.69 Å². The summed E-state index contributed by atoms with van der Waals surface area (Å²) in [5.41, 5.74) is 1.49. The molecule has 120 valence electrons. The van der Waals surface area contributed by atoms with E-state index in [1.807, 2.05) is 4.90 Å². The lowest BCUT2D eigenvalue weighted by Gasteiger charge is -2.42. The molecule has 0 bridgehead atoms. The molecule has 2 saturated carbocycles. The van der Waals surface area contributed by atoms with Crippen LogP contribution >= 0.6 is 15.9 Å². The number of carbonyl (C=O) groups excluding carboxylic acids is 1. The number of carbonyl (C=O) groups is 1. The Morgan fingerprint density at radius 3 is 2.27 bits per heavy atom. The van der Waals surface area contributed by atoms with Gasteiger partial charge in [0.2, 0.25) is 6.41 Å². The number of hydrogen-bond acceptors (Lipinski definition) is 2. The van der Waals surface area contributed by atoms with Crippen LogP contribution in [0.5, 0.6) is 0 Å². The van der Waals surface area contributed by atoms with Crippen molar-refractivity contribution in [2.75, 3.05) is 26.2 Å². The minimum Gasteiger partial charge on any atom is -0.343 e. The average molecular weight is 365 g/mol. The fraction of sp³-hybridized carbons (Fsp3) is 0.611. The topological polar surface area (TPSA) is 23.6 Å². The monoisotopic (exact) mass is 364 g/mol. The van der Waals surface area contributed by atoms with Crippen molar-refractivity contribution < 1.29 is 4.79 Å². The summed E-state index contributed by atoms with van der Waals surface area (Å²) in [7, 11) is 0. The van der Waals surface area contributed by atoms with Gasteiger partial charge in [0.15, 0.2) is 0 Å². The molecule has 3 nitrogen and oxygen atoms in total. The molecule has 0 atom stereocenters. The number of nitrogens with zero attached hydrogens (tertiary/aromatic N) is 2. The Morgan fingerprint density at radius 2 is 1.77 bits per heavy atom. The number of halogens is 1. The summed E-state index contributed by atoms with van der Waals surface area (Å²) in [5.74, 6) is 0.873. The molecule has 1 aliphatic heterocycles. The predicted octanol–water partition coefficient (Wildman–Crippen LogP) is 3.64. The smallest absolute Gasteiger partial charge is 0.209 e.